The van der Waals surface area contributed by atoms with E-state index in [1.54, 1.807) is 0 Å². The number of aryl methyl sites for hydroxylation is 2. The van der Waals surface area contributed by atoms with Crippen LogP contribution >= 0.6 is 0 Å². The third-order valence-corrected chi connectivity index (χ3v) is 3.75. The van der Waals surface area contributed by atoms with E-state index in [-0.39, 0.29) is 5.84 Å². The molecule has 4 nitrogen and oxygen atoms in total. The zero-order valence-corrected chi connectivity index (χ0v) is 12.7. The van der Waals surface area contributed by atoms with Crippen molar-refractivity contribution in [3.05, 3.63) is 64.7 Å². The smallest absolute Gasteiger partial charge is 0.170 e. The maximum Gasteiger partial charge on any atom is 0.170 e. The van der Waals surface area contributed by atoms with Crippen LogP contribution in [-0.4, -0.2) is 18.1 Å². The van der Waals surface area contributed by atoms with Crippen LogP contribution in [0.5, 0.6) is 0 Å². The molecular formula is C17H21N3O. The van der Waals surface area contributed by atoms with Crippen LogP contribution in [0.4, 0.5) is 5.69 Å². The predicted octanol–water partition coefficient (Wildman–Crippen LogP) is 3.03. The average molecular weight is 283 g/mol. The molecule has 0 saturated heterocycles. The Morgan fingerprint density at radius 1 is 1.10 bits per heavy atom. The van der Waals surface area contributed by atoms with Crippen molar-refractivity contribution in [3.63, 3.8) is 0 Å². The third-order valence-electron chi connectivity index (χ3n) is 3.75. The molecule has 2 rings (SSSR count). The van der Waals surface area contributed by atoms with Gasteiger partial charge in [-0.2, -0.15) is 0 Å². The van der Waals surface area contributed by atoms with Crippen LogP contribution in [0.15, 0.2) is 47.6 Å². The lowest BCUT2D eigenvalue weighted by Gasteiger charge is -2.22. The molecule has 0 saturated carbocycles. The summed E-state index contributed by atoms with van der Waals surface area (Å²) in [6.07, 6.45) is 0. The van der Waals surface area contributed by atoms with Crippen LogP contribution in [0.1, 0.15) is 22.3 Å². The average Bonchev–Trinajstić information content (AvgIpc) is 2.50. The third kappa shape index (κ3) is 3.34. The SMILES string of the molecule is Cc1cccc(C)c1CN(C)c1ccc(/C(N)=N/O)cc1. The lowest BCUT2D eigenvalue weighted by Crippen LogP contribution is -2.18. The number of anilines is 1. The van der Waals surface area contributed by atoms with Crippen LogP contribution in [0.2, 0.25) is 0 Å². The Morgan fingerprint density at radius 2 is 1.67 bits per heavy atom. The molecule has 21 heavy (non-hydrogen) atoms. The molecule has 2 aromatic carbocycles. The van der Waals surface area contributed by atoms with Crippen LogP contribution in [-0.2, 0) is 6.54 Å². The minimum absolute atomic E-state index is 0.124. The Hall–Kier alpha value is -2.49. The summed E-state index contributed by atoms with van der Waals surface area (Å²) in [6.45, 7) is 5.12. The van der Waals surface area contributed by atoms with Gasteiger partial charge in [0.25, 0.3) is 0 Å². The molecule has 0 aliphatic heterocycles. The maximum absolute atomic E-state index is 8.68. The summed E-state index contributed by atoms with van der Waals surface area (Å²) in [5.41, 5.74) is 11.3. The Kier molecular flexibility index (Phi) is 4.48. The van der Waals surface area contributed by atoms with Gasteiger partial charge in [-0.25, -0.2) is 0 Å². The molecule has 0 aromatic heterocycles. The van der Waals surface area contributed by atoms with E-state index in [4.69, 9.17) is 10.9 Å². The highest BCUT2D eigenvalue weighted by molar-refractivity contribution is 5.97. The first-order valence-corrected chi connectivity index (χ1v) is 6.87. The number of rotatable bonds is 4. The minimum Gasteiger partial charge on any atom is -0.409 e. The van der Waals surface area contributed by atoms with Gasteiger partial charge >= 0.3 is 0 Å². The lowest BCUT2D eigenvalue weighted by molar-refractivity contribution is 0.318. The Balaban J connectivity index is 2.19. The van der Waals surface area contributed by atoms with Crippen LogP contribution in [0.3, 0.4) is 0 Å². The van der Waals surface area contributed by atoms with Crippen molar-refractivity contribution in [3.8, 4) is 0 Å². The van der Waals surface area contributed by atoms with Gasteiger partial charge in [-0.1, -0.05) is 23.4 Å². The van der Waals surface area contributed by atoms with E-state index in [1.807, 2.05) is 24.3 Å². The summed E-state index contributed by atoms with van der Waals surface area (Å²) in [7, 11) is 2.06. The topological polar surface area (TPSA) is 61.8 Å². The lowest BCUT2D eigenvalue weighted by atomic mass is 10.0. The van der Waals surface area contributed by atoms with Crippen molar-refractivity contribution in [2.24, 2.45) is 10.9 Å². The fourth-order valence-electron chi connectivity index (χ4n) is 2.37. The van der Waals surface area contributed by atoms with Gasteiger partial charge in [0, 0.05) is 24.8 Å². The van der Waals surface area contributed by atoms with Gasteiger partial charge in [-0.3, -0.25) is 0 Å². The Bertz CT molecular complexity index is 627. The van der Waals surface area contributed by atoms with Crippen LogP contribution in [0, 0.1) is 13.8 Å². The van der Waals surface area contributed by atoms with Crippen LogP contribution in [0.25, 0.3) is 0 Å². The molecule has 110 valence electrons. The second-order valence-electron chi connectivity index (χ2n) is 5.26. The quantitative estimate of drug-likeness (QED) is 0.392. The standard InChI is InChI=1S/C17H21N3O/c1-12-5-4-6-13(2)16(12)11-20(3)15-9-7-14(8-10-15)17(18)19-21/h4-10,21H,11H2,1-3H3,(H2,18,19). The zero-order chi connectivity index (χ0) is 15.4. The molecular weight excluding hydrogens is 262 g/mol. The van der Waals surface area contributed by atoms with E-state index in [1.165, 1.54) is 16.7 Å². The molecule has 0 bridgehead atoms. The van der Waals surface area contributed by atoms with Gasteiger partial charge in [-0.15, -0.1) is 0 Å². The summed E-state index contributed by atoms with van der Waals surface area (Å²) in [4.78, 5) is 2.19. The maximum atomic E-state index is 8.68. The van der Waals surface area contributed by atoms with Crippen molar-refractivity contribution in [2.45, 2.75) is 20.4 Å². The van der Waals surface area contributed by atoms with Gasteiger partial charge < -0.3 is 15.8 Å². The van der Waals surface area contributed by atoms with E-state index >= 15 is 0 Å². The van der Waals surface area contributed by atoms with Gasteiger partial charge in [0.05, 0.1) is 0 Å². The largest absolute Gasteiger partial charge is 0.409 e. The van der Waals surface area contributed by atoms with E-state index < -0.39 is 0 Å². The molecule has 0 radical (unpaired) electrons. The first-order valence-electron chi connectivity index (χ1n) is 6.87. The number of hydrogen-bond acceptors (Lipinski definition) is 3. The molecule has 0 fully saturated rings. The molecule has 0 unspecified atom stereocenters. The van der Waals surface area contributed by atoms with E-state index in [2.05, 4.69) is 49.1 Å². The first kappa shape index (κ1) is 14.9. The summed E-state index contributed by atoms with van der Waals surface area (Å²) >= 11 is 0. The predicted molar refractivity (Wildman–Crippen MR) is 87.0 cm³/mol. The van der Waals surface area contributed by atoms with Gasteiger partial charge in [0.1, 0.15) is 0 Å². The van der Waals surface area contributed by atoms with E-state index in [9.17, 15) is 0 Å². The highest BCUT2D eigenvalue weighted by atomic mass is 16.4. The first-order chi connectivity index (χ1) is 10.0. The van der Waals surface area contributed by atoms with Crippen molar-refractivity contribution in [1.29, 1.82) is 0 Å². The second kappa shape index (κ2) is 6.31. The van der Waals surface area contributed by atoms with Gasteiger partial charge in [0.2, 0.25) is 0 Å². The number of hydrogen-bond donors (Lipinski definition) is 2. The number of amidine groups is 1. The van der Waals surface area contributed by atoms with Crippen molar-refractivity contribution in [2.75, 3.05) is 11.9 Å². The summed E-state index contributed by atoms with van der Waals surface area (Å²) < 4.78 is 0. The number of nitrogens with zero attached hydrogens (tertiary/aromatic N) is 2. The molecule has 0 atom stereocenters. The van der Waals surface area contributed by atoms with Crippen molar-refractivity contribution < 1.29 is 5.21 Å². The number of oxime groups is 1. The normalized spacial score (nSPS) is 11.5. The minimum atomic E-state index is 0.124. The molecule has 0 spiro atoms. The van der Waals surface area contributed by atoms with E-state index in [0.717, 1.165) is 12.2 Å². The molecule has 0 aliphatic rings. The second-order valence-corrected chi connectivity index (χ2v) is 5.26. The summed E-state index contributed by atoms with van der Waals surface area (Å²) in [5.74, 6) is 0.124. The molecule has 3 N–H and O–H groups in total. The molecule has 0 heterocycles. The van der Waals surface area contributed by atoms with Gasteiger partial charge in [-0.05, 0) is 54.8 Å². The van der Waals surface area contributed by atoms with Crippen molar-refractivity contribution >= 4 is 11.5 Å². The Labute approximate surface area is 125 Å². The zero-order valence-electron chi connectivity index (χ0n) is 12.7. The highest BCUT2D eigenvalue weighted by Crippen LogP contribution is 2.20. The monoisotopic (exact) mass is 283 g/mol. The highest BCUT2D eigenvalue weighted by Gasteiger charge is 2.07. The summed E-state index contributed by atoms with van der Waals surface area (Å²) in [6, 6.07) is 14.0. The number of nitrogens with two attached hydrogens (primary N) is 1. The molecule has 4 heteroatoms. The molecule has 0 aliphatic carbocycles. The molecule has 2 aromatic rings. The number of benzene rings is 2. The molecule has 0 amide bonds. The van der Waals surface area contributed by atoms with Crippen molar-refractivity contribution in [1.82, 2.24) is 0 Å². The van der Waals surface area contributed by atoms with Gasteiger partial charge in [0.15, 0.2) is 5.84 Å². The van der Waals surface area contributed by atoms with E-state index in [0.29, 0.717) is 5.56 Å². The van der Waals surface area contributed by atoms with Crippen LogP contribution < -0.4 is 10.6 Å². The summed E-state index contributed by atoms with van der Waals surface area (Å²) in [5, 5.41) is 11.7. The fourth-order valence-corrected chi connectivity index (χ4v) is 2.37. The fraction of sp³-hybridized carbons (Fsp3) is 0.235. The Morgan fingerprint density at radius 3 is 2.19 bits per heavy atom.